The Kier molecular flexibility index (Phi) is 2.46. The lowest BCUT2D eigenvalue weighted by Crippen LogP contribution is -2.34. The van der Waals surface area contributed by atoms with E-state index in [9.17, 15) is 9.59 Å². The topological polar surface area (TPSA) is 86.1 Å². The van der Waals surface area contributed by atoms with E-state index < -0.39 is 18.0 Å². The van der Waals surface area contributed by atoms with Crippen molar-refractivity contribution < 1.29 is 14.0 Å². The largest absolute Gasteiger partial charge is 0.451 e. The quantitative estimate of drug-likeness (QED) is 0.782. The lowest BCUT2D eigenvalue weighted by atomic mass is 10.2. The smallest absolute Gasteiger partial charge is 0.325 e. The van der Waals surface area contributed by atoms with Gasteiger partial charge in [0.05, 0.1) is 12.6 Å². The van der Waals surface area contributed by atoms with Gasteiger partial charge in [-0.05, 0) is 12.1 Å². The van der Waals surface area contributed by atoms with Crippen LogP contribution in [0.2, 0.25) is 0 Å². The molecule has 3 rings (SSSR count). The monoisotopic (exact) mass is 255 g/mol. The molecule has 1 aliphatic rings. The molecule has 6 nitrogen and oxygen atoms in total. The number of nitriles is 1. The molecule has 1 aromatic carbocycles. The van der Waals surface area contributed by atoms with Crippen molar-refractivity contribution in [2.24, 2.45) is 0 Å². The molecule has 19 heavy (non-hydrogen) atoms. The number of hydrogen-bond donors (Lipinski definition) is 1. The molecule has 0 radical (unpaired) electrons. The first-order chi connectivity index (χ1) is 9.19. The average molecular weight is 255 g/mol. The lowest BCUT2D eigenvalue weighted by Gasteiger charge is -2.01. The fourth-order valence-electron chi connectivity index (χ4n) is 1.80. The number of furan rings is 1. The van der Waals surface area contributed by atoms with Crippen molar-refractivity contribution >= 4 is 22.9 Å². The third-order valence-corrected chi connectivity index (χ3v) is 2.89. The van der Waals surface area contributed by atoms with E-state index in [0.717, 1.165) is 5.39 Å². The molecule has 2 aromatic rings. The van der Waals surface area contributed by atoms with E-state index in [-0.39, 0.29) is 5.76 Å². The molecule has 2 heterocycles. The summed E-state index contributed by atoms with van der Waals surface area (Å²) in [7, 11) is 0. The van der Waals surface area contributed by atoms with Crippen molar-refractivity contribution in [3.63, 3.8) is 0 Å². The number of carbonyl (C=O) groups is 2. The highest BCUT2D eigenvalue weighted by Crippen LogP contribution is 2.19. The minimum atomic E-state index is -0.607. The number of nitrogens with zero attached hydrogens (tertiary/aromatic N) is 2. The van der Waals surface area contributed by atoms with Gasteiger partial charge in [0.2, 0.25) is 0 Å². The number of para-hydroxylation sites is 1. The van der Waals surface area contributed by atoms with Gasteiger partial charge in [0.25, 0.3) is 5.91 Å². The lowest BCUT2D eigenvalue weighted by molar-refractivity contribution is 0.0935. The molecule has 1 fully saturated rings. The van der Waals surface area contributed by atoms with Crippen LogP contribution in [0.5, 0.6) is 0 Å². The van der Waals surface area contributed by atoms with Gasteiger partial charge in [0.15, 0.2) is 5.76 Å². The number of carbonyl (C=O) groups excluding carboxylic acids is 2. The average Bonchev–Trinajstić information content (AvgIpc) is 3.08. The molecule has 1 aromatic heterocycles. The molecular weight excluding hydrogens is 246 g/mol. The molecule has 0 spiro atoms. The van der Waals surface area contributed by atoms with Gasteiger partial charge >= 0.3 is 6.03 Å². The fourth-order valence-corrected chi connectivity index (χ4v) is 1.80. The number of amides is 3. The van der Waals surface area contributed by atoms with Crippen LogP contribution in [0.15, 0.2) is 34.7 Å². The Hall–Kier alpha value is -2.81. The first kappa shape index (κ1) is 11.3. The second kappa shape index (κ2) is 4.14. The summed E-state index contributed by atoms with van der Waals surface area (Å²) in [6.07, 6.45) is 0. The third-order valence-electron chi connectivity index (χ3n) is 2.89. The molecule has 1 N–H and O–H groups in total. The first-order valence-electron chi connectivity index (χ1n) is 5.69. The van der Waals surface area contributed by atoms with E-state index >= 15 is 0 Å². The van der Waals surface area contributed by atoms with Crippen molar-refractivity contribution in [2.75, 3.05) is 6.54 Å². The molecule has 3 amide bonds. The van der Waals surface area contributed by atoms with Gasteiger partial charge in [-0.2, -0.15) is 5.26 Å². The maximum absolute atomic E-state index is 11.8. The molecule has 0 bridgehead atoms. The Labute approximate surface area is 108 Å². The summed E-state index contributed by atoms with van der Waals surface area (Å²) >= 11 is 0. The highest BCUT2D eigenvalue weighted by atomic mass is 16.3. The van der Waals surface area contributed by atoms with Crippen LogP contribution >= 0.6 is 0 Å². The predicted octanol–water partition coefficient (Wildman–Crippen LogP) is 1.49. The molecule has 1 atom stereocenters. The van der Waals surface area contributed by atoms with Gasteiger partial charge in [-0.1, -0.05) is 18.2 Å². The van der Waals surface area contributed by atoms with Crippen LogP contribution in [0.25, 0.3) is 11.0 Å². The summed E-state index contributed by atoms with van der Waals surface area (Å²) in [5.74, 6) is -0.533. The number of imide groups is 1. The molecule has 6 heteroatoms. The second-order valence-electron chi connectivity index (χ2n) is 4.21. The minimum absolute atomic E-state index is 0.0740. The summed E-state index contributed by atoms with van der Waals surface area (Å²) in [6.45, 7) is 0.357. The van der Waals surface area contributed by atoms with E-state index in [1.165, 1.54) is 4.90 Å². The molecule has 1 aliphatic heterocycles. The highest BCUT2D eigenvalue weighted by Gasteiger charge is 2.39. The Morgan fingerprint density at radius 2 is 2.21 bits per heavy atom. The number of rotatable bonds is 1. The number of nitrogens with one attached hydrogen (secondary N) is 1. The van der Waals surface area contributed by atoms with E-state index in [0.29, 0.717) is 12.1 Å². The zero-order valence-corrected chi connectivity index (χ0v) is 9.79. The van der Waals surface area contributed by atoms with Gasteiger partial charge in [-0.25, -0.2) is 4.79 Å². The SMILES string of the molecule is N#CC1CN1C(=O)NC(=O)c1cc2ccccc2o1. The highest BCUT2D eigenvalue weighted by molar-refractivity contribution is 6.05. The fraction of sp³-hybridized carbons (Fsp3) is 0.154. The van der Waals surface area contributed by atoms with Gasteiger partial charge in [-0.3, -0.25) is 10.1 Å². The number of hydrogen-bond acceptors (Lipinski definition) is 4. The third kappa shape index (κ3) is 2.02. The normalized spacial score (nSPS) is 17.0. The van der Waals surface area contributed by atoms with Gasteiger partial charge < -0.3 is 9.32 Å². The summed E-state index contributed by atoms with van der Waals surface area (Å²) in [5, 5.41) is 11.6. The van der Waals surface area contributed by atoms with Crippen LogP contribution in [-0.2, 0) is 0 Å². The molecule has 0 saturated carbocycles. The zero-order valence-electron chi connectivity index (χ0n) is 9.79. The standard InChI is InChI=1S/C13H9N3O3/c14-6-9-7-16(9)13(18)15-12(17)11-5-8-3-1-2-4-10(8)19-11/h1-5,9H,7H2,(H,15,17,18). The van der Waals surface area contributed by atoms with Crippen LogP contribution in [0.3, 0.4) is 0 Å². The predicted molar refractivity (Wildman–Crippen MR) is 65.2 cm³/mol. The van der Waals surface area contributed by atoms with Gasteiger partial charge in [0, 0.05) is 5.39 Å². The van der Waals surface area contributed by atoms with Crippen LogP contribution in [0, 0.1) is 11.3 Å². The van der Waals surface area contributed by atoms with Crippen molar-refractivity contribution in [3.05, 3.63) is 36.1 Å². The zero-order chi connectivity index (χ0) is 13.4. The van der Waals surface area contributed by atoms with Crippen molar-refractivity contribution in [1.29, 1.82) is 5.26 Å². The Morgan fingerprint density at radius 1 is 1.42 bits per heavy atom. The number of fused-ring (bicyclic) bond motifs is 1. The molecule has 0 aliphatic carbocycles. The summed E-state index contributed by atoms with van der Waals surface area (Å²) in [5.41, 5.74) is 0.585. The Bertz CT molecular complexity index is 680. The molecular formula is C13H9N3O3. The van der Waals surface area contributed by atoms with Crippen LogP contribution in [-0.4, -0.2) is 29.4 Å². The first-order valence-corrected chi connectivity index (χ1v) is 5.69. The summed E-state index contributed by atoms with van der Waals surface area (Å²) in [6, 6.07) is 9.69. The Balaban J connectivity index is 1.74. The summed E-state index contributed by atoms with van der Waals surface area (Å²) in [4.78, 5) is 24.7. The van der Waals surface area contributed by atoms with Gasteiger partial charge in [0.1, 0.15) is 11.6 Å². The molecule has 94 valence electrons. The maximum Gasteiger partial charge on any atom is 0.325 e. The van der Waals surface area contributed by atoms with Crippen LogP contribution < -0.4 is 5.32 Å². The van der Waals surface area contributed by atoms with Crippen molar-refractivity contribution in [3.8, 4) is 6.07 Å². The Morgan fingerprint density at radius 3 is 2.89 bits per heavy atom. The van der Waals surface area contributed by atoms with E-state index in [1.807, 2.05) is 18.2 Å². The van der Waals surface area contributed by atoms with E-state index in [4.69, 9.17) is 9.68 Å². The van der Waals surface area contributed by atoms with Crippen LogP contribution in [0.4, 0.5) is 4.79 Å². The summed E-state index contributed by atoms with van der Waals surface area (Å²) < 4.78 is 5.34. The van der Waals surface area contributed by atoms with Gasteiger partial charge in [-0.15, -0.1) is 0 Å². The van der Waals surface area contributed by atoms with Crippen molar-refractivity contribution in [2.45, 2.75) is 6.04 Å². The number of benzene rings is 1. The second-order valence-corrected chi connectivity index (χ2v) is 4.21. The number of urea groups is 1. The maximum atomic E-state index is 11.8. The minimum Gasteiger partial charge on any atom is -0.451 e. The van der Waals surface area contributed by atoms with Crippen LogP contribution in [0.1, 0.15) is 10.6 Å². The van der Waals surface area contributed by atoms with Crippen molar-refractivity contribution in [1.82, 2.24) is 10.2 Å². The van der Waals surface area contributed by atoms with E-state index in [1.54, 1.807) is 18.2 Å². The van der Waals surface area contributed by atoms with E-state index in [2.05, 4.69) is 5.32 Å². The molecule has 1 unspecified atom stereocenters. The molecule has 1 saturated heterocycles.